The van der Waals surface area contributed by atoms with E-state index in [-0.39, 0.29) is 42.2 Å². The predicted octanol–water partition coefficient (Wildman–Crippen LogP) is 4.40. The van der Waals surface area contributed by atoms with Crippen LogP contribution in [-0.4, -0.2) is 67.5 Å². The fourth-order valence-corrected chi connectivity index (χ4v) is 6.30. The van der Waals surface area contributed by atoms with Crippen LogP contribution in [0.15, 0.2) is 83.8 Å². The molecule has 7 nitrogen and oxygen atoms in total. The lowest BCUT2D eigenvalue weighted by Crippen LogP contribution is -2.50. The molecule has 3 aromatic carbocycles. The number of aliphatic hydroxyl groups excluding tert-OH is 1. The average Bonchev–Trinajstić information content (AvgIpc) is 2.93. The number of ether oxygens (including phenoxy) is 1. The zero-order chi connectivity index (χ0) is 27.3. The summed E-state index contributed by atoms with van der Waals surface area (Å²) < 4.78 is 35.1. The maximum Gasteiger partial charge on any atom is 0.253 e. The highest BCUT2D eigenvalue weighted by molar-refractivity contribution is 7.89. The summed E-state index contributed by atoms with van der Waals surface area (Å²) in [6.45, 7) is 3.69. The number of hydrogen-bond donors (Lipinski definition) is 1. The van der Waals surface area contributed by atoms with Gasteiger partial charge in [0.05, 0.1) is 13.2 Å². The molecule has 1 heterocycles. The minimum atomic E-state index is -3.94. The number of carbonyl (C=O) groups is 1. The molecule has 0 aliphatic carbocycles. The molecule has 0 fully saturated rings. The normalized spacial score (nSPS) is 20.1. The smallest absolute Gasteiger partial charge is 0.253 e. The van der Waals surface area contributed by atoms with Gasteiger partial charge < -0.3 is 14.7 Å². The molecule has 4 rings (SSSR count). The zero-order valence-corrected chi connectivity index (χ0v) is 22.7. The fraction of sp³-hybridized carbons (Fsp3) is 0.300. The first-order valence-electron chi connectivity index (χ1n) is 12.7. The summed E-state index contributed by atoms with van der Waals surface area (Å²) in [4.78, 5) is 14.7. The molecule has 3 aromatic rings. The first kappa shape index (κ1) is 27.6. The predicted molar refractivity (Wildman–Crippen MR) is 149 cm³/mol. The molecule has 0 unspecified atom stereocenters. The van der Waals surface area contributed by atoms with Crippen LogP contribution in [0.2, 0.25) is 0 Å². The van der Waals surface area contributed by atoms with E-state index >= 15 is 0 Å². The van der Waals surface area contributed by atoms with Crippen molar-refractivity contribution in [3.8, 4) is 5.75 Å². The summed E-state index contributed by atoms with van der Waals surface area (Å²) in [5, 5.41) is 9.85. The van der Waals surface area contributed by atoms with Crippen molar-refractivity contribution >= 4 is 28.1 Å². The van der Waals surface area contributed by atoms with E-state index < -0.39 is 22.2 Å². The third-order valence-corrected chi connectivity index (χ3v) is 8.80. The van der Waals surface area contributed by atoms with Gasteiger partial charge in [0, 0.05) is 31.1 Å². The van der Waals surface area contributed by atoms with E-state index in [0.717, 1.165) is 11.1 Å². The van der Waals surface area contributed by atoms with Crippen LogP contribution in [-0.2, 0) is 10.0 Å². The minimum absolute atomic E-state index is 0.0450. The van der Waals surface area contributed by atoms with Crippen LogP contribution in [0, 0.1) is 5.92 Å². The van der Waals surface area contributed by atoms with Gasteiger partial charge >= 0.3 is 0 Å². The van der Waals surface area contributed by atoms with Gasteiger partial charge in [0.15, 0.2) is 0 Å². The molecule has 0 bridgehead atoms. The number of carbonyl (C=O) groups excluding carboxylic acids is 1. The second kappa shape index (κ2) is 11.9. The molecule has 200 valence electrons. The summed E-state index contributed by atoms with van der Waals surface area (Å²) in [6.07, 6.45) is 3.37. The van der Waals surface area contributed by atoms with E-state index in [1.54, 1.807) is 49.2 Å². The number of likely N-dealkylation sites (N-methyl/N-ethyl adjacent to an activating group) is 1. The Morgan fingerprint density at radius 1 is 1.05 bits per heavy atom. The van der Waals surface area contributed by atoms with E-state index in [4.69, 9.17) is 4.74 Å². The second-order valence-corrected chi connectivity index (χ2v) is 11.6. The number of amides is 1. The Morgan fingerprint density at radius 2 is 1.68 bits per heavy atom. The van der Waals surface area contributed by atoms with Gasteiger partial charge in [0.25, 0.3) is 5.91 Å². The number of nitrogens with zero attached hydrogens (tertiary/aromatic N) is 2. The van der Waals surface area contributed by atoms with Gasteiger partial charge in [-0.3, -0.25) is 4.79 Å². The van der Waals surface area contributed by atoms with Crippen molar-refractivity contribution in [1.82, 2.24) is 9.21 Å². The Hall–Kier alpha value is -3.46. The van der Waals surface area contributed by atoms with Gasteiger partial charge in [-0.05, 0) is 42.3 Å². The molecule has 0 spiro atoms. The zero-order valence-electron chi connectivity index (χ0n) is 21.9. The van der Waals surface area contributed by atoms with Gasteiger partial charge in [-0.1, -0.05) is 73.7 Å². The molecule has 0 aromatic heterocycles. The Balaban J connectivity index is 1.70. The maximum absolute atomic E-state index is 13.7. The minimum Gasteiger partial charge on any atom is -0.487 e. The van der Waals surface area contributed by atoms with Crippen molar-refractivity contribution in [3.63, 3.8) is 0 Å². The van der Waals surface area contributed by atoms with Crippen molar-refractivity contribution in [2.45, 2.75) is 30.9 Å². The third-order valence-electron chi connectivity index (χ3n) is 6.78. The van der Waals surface area contributed by atoms with Gasteiger partial charge in [-0.25, -0.2) is 8.42 Å². The van der Waals surface area contributed by atoms with Crippen LogP contribution in [0.25, 0.3) is 12.2 Å². The molecule has 1 amide bonds. The van der Waals surface area contributed by atoms with E-state index in [9.17, 15) is 18.3 Å². The summed E-state index contributed by atoms with van der Waals surface area (Å²) >= 11 is 0. The van der Waals surface area contributed by atoms with E-state index in [2.05, 4.69) is 0 Å². The molecular formula is C30H34N2O5S. The Morgan fingerprint density at radius 3 is 2.34 bits per heavy atom. The molecule has 1 aliphatic rings. The van der Waals surface area contributed by atoms with Crippen molar-refractivity contribution in [3.05, 3.63) is 95.6 Å². The molecule has 0 saturated carbocycles. The van der Waals surface area contributed by atoms with Crippen LogP contribution in [0.5, 0.6) is 5.75 Å². The van der Waals surface area contributed by atoms with E-state index in [0.29, 0.717) is 5.56 Å². The van der Waals surface area contributed by atoms with Crippen molar-refractivity contribution in [2.75, 3.05) is 26.7 Å². The molecule has 1 N–H and O–H groups in total. The molecule has 8 heteroatoms. The third kappa shape index (κ3) is 6.15. The number of hydrogen-bond acceptors (Lipinski definition) is 5. The van der Waals surface area contributed by atoms with Crippen LogP contribution < -0.4 is 4.74 Å². The largest absolute Gasteiger partial charge is 0.487 e. The van der Waals surface area contributed by atoms with Crippen LogP contribution in [0.4, 0.5) is 0 Å². The van der Waals surface area contributed by atoms with Gasteiger partial charge in [-0.2, -0.15) is 4.31 Å². The highest BCUT2D eigenvalue weighted by Crippen LogP contribution is 2.34. The summed E-state index contributed by atoms with van der Waals surface area (Å²) in [5.41, 5.74) is 2.37. The summed E-state index contributed by atoms with van der Waals surface area (Å²) in [5.74, 6) is -0.176. The van der Waals surface area contributed by atoms with Crippen molar-refractivity contribution in [1.29, 1.82) is 0 Å². The molecule has 38 heavy (non-hydrogen) atoms. The van der Waals surface area contributed by atoms with E-state index in [1.165, 1.54) is 4.31 Å². The van der Waals surface area contributed by atoms with Crippen molar-refractivity contribution < 1.29 is 23.1 Å². The Bertz CT molecular complexity index is 1380. The first-order valence-corrected chi connectivity index (χ1v) is 14.1. The monoisotopic (exact) mass is 534 g/mol. The molecular weight excluding hydrogens is 500 g/mol. The lowest BCUT2D eigenvalue weighted by Gasteiger charge is -2.37. The van der Waals surface area contributed by atoms with E-state index in [1.807, 2.05) is 67.6 Å². The standard InChI is InChI=1S/C30H34N2O5S/c1-22-19-32(23(2)21-33)38(35,36)29-17-16-25(15-14-24-10-6-4-7-11-24)18-27(29)37-28(22)20-31(3)30(34)26-12-8-5-9-13-26/h4-18,22-23,28,33H,19-21H2,1-3H3/b15-14+/t22-,23+,28-/m1/s1. The number of aliphatic hydroxyl groups is 1. The fourth-order valence-electron chi connectivity index (χ4n) is 4.47. The lowest BCUT2D eigenvalue weighted by atomic mass is 10.0. The van der Waals surface area contributed by atoms with Gasteiger partial charge in [0.1, 0.15) is 16.7 Å². The van der Waals surface area contributed by atoms with Crippen LogP contribution >= 0.6 is 0 Å². The number of rotatable bonds is 7. The number of fused-ring (bicyclic) bond motifs is 1. The topological polar surface area (TPSA) is 87.2 Å². The van der Waals surface area contributed by atoms with Crippen molar-refractivity contribution in [2.24, 2.45) is 5.92 Å². The molecule has 0 radical (unpaired) electrons. The second-order valence-electron chi connectivity index (χ2n) is 9.74. The molecule has 1 aliphatic heterocycles. The molecule has 3 atom stereocenters. The number of benzene rings is 3. The van der Waals surface area contributed by atoms with Crippen LogP contribution in [0.3, 0.4) is 0 Å². The lowest BCUT2D eigenvalue weighted by molar-refractivity contribution is 0.0563. The summed E-state index contributed by atoms with van der Waals surface area (Å²) in [7, 11) is -2.22. The van der Waals surface area contributed by atoms with Gasteiger partial charge in [0.2, 0.25) is 10.0 Å². The first-order chi connectivity index (χ1) is 18.2. The quantitative estimate of drug-likeness (QED) is 0.454. The number of sulfonamides is 1. The molecule has 0 saturated heterocycles. The van der Waals surface area contributed by atoms with Gasteiger partial charge in [-0.15, -0.1) is 0 Å². The Labute approximate surface area is 225 Å². The van der Waals surface area contributed by atoms with Crippen LogP contribution in [0.1, 0.15) is 35.3 Å². The Kier molecular flexibility index (Phi) is 8.66. The highest BCUT2D eigenvalue weighted by Gasteiger charge is 2.38. The summed E-state index contributed by atoms with van der Waals surface area (Å²) in [6, 6.07) is 23.2. The highest BCUT2D eigenvalue weighted by atomic mass is 32.2. The SMILES string of the molecule is C[C@@H]1CN([C@@H](C)CO)S(=O)(=O)c2ccc(/C=C/c3ccccc3)cc2O[C@@H]1CN(C)C(=O)c1ccccc1. The average molecular weight is 535 g/mol. The maximum atomic E-state index is 13.7.